The number of hydrogen-bond acceptors (Lipinski definition) is 2. The number of hydrogen-bond donors (Lipinski definition) is 1. The summed E-state index contributed by atoms with van der Waals surface area (Å²) >= 11 is 3.18. The SMILES string of the molecule is COc1c(C)cc(Br)c(F)c1CC1(O)CC1. The lowest BCUT2D eigenvalue weighted by Gasteiger charge is -2.16. The molecule has 1 aromatic carbocycles. The minimum atomic E-state index is -0.721. The molecule has 1 saturated carbocycles. The molecule has 1 N–H and O–H groups in total. The van der Waals surface area contributed by atoms with Crippen LogP contribution in [0.4, 0.5) is 4.39 Å². The molecule has 1 aliphatic carbocycles. The molecule has 1 fully saturated rings. The van der Waals surface area contributed by atoms with Crippen LogP contribution in [-0.4, -0.2) is 17.8 Å². The predicted octanol–water partition coefficient (Wildman–Crippen LogP) is 2.97. The summed E-state index contributed by atoms with van der Waals surface area (Å²) in [6, 6.07) is 1.69. The van der Waals surface area contributed by atoms with Crippen molar-refractivity contribution in [1.29, 1.82) is 0 Å². The first-order valence-electron chi connectivity index (χ1n) is 5.21. The molecule has 0 spiro atoms. The minimum Gasteiger partial charge on any atom is -0.496 e. The van der Waals surface area contributed by atoms with Gasteiger partial charge in [0.05, 0.1) is 17.2 Å². The van der Waals surface area contributed by atoms with Gasteiger partial charge in [0.2, 0.25) is 0 Å². The summed E-state index contributed by atoms with van der Waals surface area (Å²) in [4.78, 5) is 0. The van der Waals surface area contributed by atoms with E-state index in [-0.39, 0.29) is 5.82 Å². The molecule has 0 atom stereocenters. The lowest BCUT2D eigenvalue weighted by molar-refractivity contribution is 0.148. The van der Waals surface area contributed by atoms with Crippen molar-refractivity contribution in [2.75, 3.05) is 7.11 Å². The molecule has 4 heteroatoms. The Bertz CT molecular complexity index is 428. The zero-order valence-corrected chi connectivity index (χ0v) is 10.9. The highest BCUT2D eigenvalue weighted by Crippen LogP contribution is 2.42. The molecule has 0 bridgehead atoms. The summed E-state index contributed by atoms with van der Waals surface area (Å²) in [5, 5.41) is 9.87. The Morgan fingerprint density at radius 2 is 2.19 bits per heavy atom. The van der Waals surface area contributed by atoms with E-state index in [1.54, 1.807) is 6.07 Å². The van der Waals surface area contributed by atoms with E-state index in [0.29, 0.717) is 22.2 Å². The molecular formula is C12H14BrFO2. The molecule has 0 aromatic heterocycles. The van der Waals surface area contributed by atoms with Crippen LogP contribution in [0.15, 0.2) is 10.5 Å². The fourth-order valence-electron chi connectivity index (χ4n) is 1.89. The number of aryl methyl sites for hydroxylation is 1. The molecule has 2 rings (SSSR count). The van der Waals surface area contributed by atoms with E-state index in [0.717, 1.165) is 18.4 Å². The van der Waals surface area contributed by atoms with E-state index < -0.39 is 5.60 Å². The van der Waals surface area contributed by atoms with Crippen LogP contribution in [0.5, 0.6) is 5.75 Å². The first kappa shape index (κ1) is 11.9. The Morgan fingerprint density at radius 1 is 1.56 bits per heavy atom. The maximum Gasteiger partial charge on any atom is 0.144 e. The molecule has 0 saturated heterocycles. The van der Waals surface area contributed by atoms with Crippen LogP contribution in [0.3, 0.4) is 0 Å². The standard InChI is InChI=1S/C12H14BrFO2/c1-7-5-9(13)10(14)8(11(7)16-2)6-12(15)3-4-12/h5,15H,3-4,6H2,1-2H3. The van der Waals surface area contributed by atoms with Crippen LogP contribution in [0.2, 0.25) is 0 Å². The number of benzene rings is 1. The average Bonchev–Trinajstić information content (AvgIpc) is 2.93. The van der Waals surface area contributed by atoms with Gasteiger partial charge in [0.15, 0.2) is 0 Å². The molecule has 2 nitrogen and oxygen atoms in total. The summed E-state index contributed by atoms with van der Waals surface area (Å²) in [5.74, 6) is 0.212. The van der Waals surface area contributed by atoms with Crippen LogP contribution in [0.1, 0.15) is 24.0 Å². The first-order valence-corrected chi connectivity index (χ1v) is 6.00. The number of ether oxygens (including phenoxy) is 1. The van der Waals surface area contributed by atoms with Gasteiger partial charge in [-0.1, -0.05) is 0 Å². The molecule has 0 unspecified atom stereocenters. The fourth-order valence-corrected chi connectivity index (χ4v) is 2.48. The predicted molar refractivity (Wildman–Crippen MR) is 63.3 cm³/mol. The molecule has 0 heterocycles. The second-order valence-electron chi connectivity index (χ2n) is 4.40. The third kappa shape index (κ3) is 2.09. The molecule has 1 aliphatic rings. The summed E-state index contributed by atoms with van der Waals surface area (Å²) in [7, 11) is 1.52. The Balaban J connectivity index is 2.47. The van der Waals surface area contributed by atoms with Crippen molar-refractivity contribution in [1.82, 2.24) is 0 Å². The van der Waals surface area contributed by atoms with E-state index in [2.05, 4.69) is 15.9 Å². The highest BCUT2D eigenvalue weighted by Gasteiger charge is 2.42. The van der Waals surface area contributed by atoms with Gasteiger partial charge >= 0.3 is 0 Å². The Kier molecular flexibility index (Phi) is 2.97. The zero-order chi connectivity index (χ0) is 11.9. The molecule has 1 aromatic rings. The van der Waals surface area contributed by atoms with E-state index in [1.165, 1.54) is 7.11 Å². The normalized spacial score (nSPS) is 17.3. The minimum absolute atomic E-state index is 0.322. The van der Waals surface area contributed by atoms with Crippen LogP contribution >= 0.6 is 15.9 Å². The van der Waals surface area contributed by atoms with Crippen LogP contribution in [0.25, 0.3) is 0 Å². The van der Waals surface area contributed by atoms with Gasteiger partial charge in [-0.25, -0.2) is 4.39 Å². The summed E-state index contributed by atoms with van der Waals surface area (Å²) in [5.41, 5.74) is 0.617. The maximum absolute atomic E-state index is 13.9. The highest BCUT2D eigenvalue weighted by molar-refractivity contribution is 9.10. The average molecular weight is 289 g/mol. The molecule has 0 radical (unpaired) electrons. The van der Waals surface area contributed by atoms with Gasteiger partial charge in [-0.3, -0.25) is 0 Å². The van der Waals surface area contributed by atoms with E-state index in [4.69, 9.17) is 4.74 Å². The lowest BCUT2D eigenvalue weighted by atomic mass is 10.0. The number of methoxy groups -OCH3 is 1. The lowest BCUT2D eigenvalue weighted by Crippen LogP contribution is -2.14. The maximum atomic E-state index is 13.9. The topological polar surface area (TPSA) is 29.5 Å². The molecular weight excluding hydrogens is 275 g/mol. The third-order valence-corrected chi connectivity index (χ3v) is 3.56. The number of rotatable bonds is 3. The van der Waals surface area contributed by atoms with E-state index in [1.807, 2.05) is 6.92 Å². The summed E-state index contributed by atoms with van der Waals surface area (Å²) in [6.07, 6.45) is 1.80. The summed E-state index contributed by atoms with van der Waals surface area (Å²) in [6.45, 7) is 1.86. The Morgan fingerprint density at radius 3 is 2.69 bits per heavy atom. The van der Waals surface area contributed by atoms with Crippen molar-refractivity contribution in [3.05, 3.63) is 27.5 Å². The monoisotopic (exact) mass is 288 g/mol. The molecule has 0 aliphatic heterocycles. The fraction of sp³-hybridized carbons (Fsp3) is 0.500. The number of aliphatic hydroxyl groups is 1. The van der Waals surface area contributed by atoms with Gasteiger partial charge in [-0.15, -0.1) is 0 Å². The van der Waals surface area contributed by atoms with Crippen LogP contribution in [0, 0.1) is 12.7 Å². The Hall–Kier alpha value is -0.610. The van der Waals surface area contributed by atoms with Gasteiger partial charge in [0, 0.05) is 12.0 Å². The van der Waals surface area contributed by atoms with Crippen molar-refractivity contribution in [2.45, 2.75) is 31.8 Å². The van der Waals surface area contributed by atoms with Crippen molar-refractivity contribution in [2.24, 2.45) is 0 Å². The quantitative estimate of drug-likeness (QED) is 0.927. The zero-order valence-electron chi connectivity index (χ0n) is 9.31. The van der Waals surface area contributed by atoms with Gasteiger partial charge in [0.1, 0.15) is 11.6 Å². The second kappa shape index (κ2) is 4.00. The third-order valence-electron chi connectivity index (χ3n) is 2.99. The summed E-state index contributed by atoms with van der Waals surface area (Å²) < 4.78 is 19.6. The van der Waals surface area contributed by atoms with Gasteiger partial charge in [-0.05, 0) is 47.3 Å². The van der Waals surface area contributed by atoms with E-state index in [9.17, 15) is 9.50 Å². The van der Waals surface area contributed by atoms with Gasteiger partial charge in [0.25, 0.3) is 0 Å². The van der Waals surface area contributed by atoms with Crippen molar-refractivity contribution < 1.29 is 14.2 Å². The smallest absolute Gasteiger partial charge is 0.144 e. The Labute approximate surface area is 103 Å². The van der Waals surface area contributed by atoms with E-state index >= 15 is 0 Å². The van der Waals surface area contributed by atoms with Crippen LogP contribution in [-0.2, 0) is 6.42 Å². The van der Waals surface area contributed by atoms with Crippen molar-refractivity contribution in [3.63, 3.8) is 0 Å². The second-order valence-corrected chi connectivity index (χ2v) is 5.26. The molecule has 0 amide bonds. The van der Waals surface area contributed by atoms with Gasteiger partial charge < -0.3 is 9.84 Å². The van der Waals surface area contributed by atoms with Crippen molar-refractivity contribution >= 4 is 15.9 Å². The van der Waals surface area contributed by atoms with Crippen LogP contribution < -0.4 is 4.74 Å². The van der Waals surface area contributed by atoms with Gasteiger partial charge in [-0.2, -0.15) is 0 Å². The largest absolute Gasteiger partial charge is 0.496 e. The van der Waals surface area contributed by atoms with Crippen molar-refractivity contribution in [3.8, 4) is 5.75 Å². The number of halogens is 2. The molecule has 16 heavy (non-hydrogen) atoms. The molecule has 88 valence electrons. The highest BCUT2D eigenvalue weighted by atomic mass is 79.9. The first-order chi connectivity index (χ1) is 7.47.